The lowest BCUT2D eigenvalue weighted by Gasteiger charge is -2.36. The lowest BCUT2D eigenvalue weighted by molar-refractivity contribution is -0.148. The largest absolute Gasteiger partial charge is 0.455 e. The van der Waals surface area contributed by atoms with E-state index in [2.05, 4.69) is 0 Å². The average Bonchev–Trinajstić information content (AvgIpc) is 3.23. The van der Waals surface area contributed by atoms with Gasteiger partial charge in [0.1, 0.15) is 5.82 Å². The summed E-state index contributed by atoms with van der Waals surface area (Å²) in [5.41, 5.74) is 3.54. The van der Waals surface area contributed by atoms with Crippen LogP contribution in [-0.4, -0.2) is 43.8 Å². The molecule has 5 rings (SSSR count). The van der Waals surface area contributed by atoms with E-state index in [1.165, 1.54) is 16.4 Å². The zero-order chi connectivity index (χ0) is 26.2. The number of ether oxygens (including phenoxy) is 1. The Kier molecular flexibility index (Phi) is 6.83. The molecule has 0 aromatic heterocycles. The summed E-state index contributed by atoms with van der Waals surface area (Å²) in [6.07, 6.45) is 0.953. The van der Waals surface area contributed by atoms with Crippen molar-refractivity contribution in [3.05, 3.63) is 95.3 Å². The van der Waals surface area contributed by atoms with Crippen LogP contribution < -0.4 is 4.90 Å². The van der Waals surface area contributed by atoms with E-state index < -0.39 is 34.5 Å². The SMILES string of the molecule is C[C@@H]1Cc2ccccc2N1C(=O)COC(=O)C[C@@H]1c2ccccc2CCN1S(=O)(=O)c1ccc(F)cc1. The molecule has 192 valence electrons. The first-order valence-corrected chi connectivity index (χ1v) is 13.6. The molecule has 0 fully saturated rings. The van der Waals surface area contributed by atoms with Crippen molar-refractivity contribution < 1.29 is 27.1 Å². The monoisotopic (exact) mass is 522 g/mol. The van der Waals surface area contributed by atoms with Crippen LogP contribution in [0, 0.1) is 5.82 Å². The van der Waals surface area contributed by atoms with Gasteiger partial charge < -0.3 is 9.64 Å². The predicted molar refractivity (Wildman–Crippen MR) is 136 cm³/mol. The van der Waals surface area contributed by atoms with Crippen molar-refractivity contribution in [2.24, 2.45) is 0 Å². The van der Waals surface area contributed by atoms with Crippen LogP contribution in [0.15, 0.2) is 77.7 Å². The molecule has 2 aliphatic rings. The van der Waals surface area contributed by atoms with Gasteiger partial charge in [-0.05, 0) is 66.8 Å². The first-order valence-electron chi connectivity index (χ1n) is 12.2. The van der Waals surface area contributed by atoms with Gasteiger partial charge in [-0.15, -0.1) is 0 Å². The first-order chi connectivity index (χ1) is 17.8. The van der Waals surface area contributed by atoms with Gasteiger partial charge in [0.25, 0.3) is 5.91 Å². The average molecular weight is 523 g/mol. The van der Waals surface area contributed by atoms with Gasteiger partial charge >= 0.3 is 5.97 Å². The molecule has 2 heterocycles. The summed E-state index contributed by atoms with van der Waals surface area (Å²) < 4.78 is 47.0. The molecule has 3 aromatic carbocycles. The quantitative estimate of drug-likeness (QED) is 0.457. The van der Waals surface area contributed by atoms with Gasteiger partial charge in [-0.3, -0.25) is 9.59 Å². The Labute approximate surface area is 215 Å². The van der Waals surface area contributed by atoms with Crippen LogP contribution in [0.5, 0.6) is 0 Å². The number of benzene rings is 3. The molecule has 0 saturated heterocycles. The molecule has 1 amide bonds. The molecule has 2 aliphatic heterocycles. The van der Waals surface area contributed by atoms with Crippen molar-refractivity contribution in [3.63, 3.8) is 0 Å². The maximum atomic E-state index is 13.5. The maximum absolute atomic E-state index is 13.5. The number of rotatable bonds is 6. The number of para-hydroxylation sites is 1. The van der Waals surface area contributed by atoms with E-state index in [1.54, 1.807) is 17.0 Å². The molecule has 0 unspecified atom stereocenters. The number of sulfonamides is 1. The Hall–Kier alpha value is -3.56. The topological polar surface area (TPSA) is 84.0 Å². The highest BCUT2D eigenvalue weighted by Crippen LogP contribution is 2.37. The number of halogens is 1. The first kappa shape index (κ1) is 25.1. The Balaban J connectivity index is 1.34. The number of carbonyl (C=O) groups is 2. The summed E-state index contributed by atoms with van der Waals surface area (Å²) in [6.45, 7) is 1.67. The lowest BCUT2D eigenvalue weighted by atomic mass is 9.92. The molecule has 3 aromatic rings. The smallest absolute Gasteiger partial charge is 0.308 e. The number of carbonyl (C=O) groups excluding carboxylic acids is 2. The fraction of sp³-hybridized carbons (Fsp3) is 0.286. The highest BCUT2D eigenvalue weighted by Gasteiger charge is 2.38. The molecule has 2 atom stereocenters. The second kappa shape index (κ2) is 10.1. The van der Waals surface area contributed by atoms with Crippen LogP contribution in [0.3, 0.4) is 0 Å². The fourth-order valence-corrected chi connectivity index (χ4v) is 6.85. The number of amides is 1. The van der Waals surface area contributed by atoms with Crippen LogP contribution in [-0.2, 0) is 37.2 Å². The summed E-state index contributed by atoms with van der Waals surface area (Å²) in [4.78, 5) is 27.5. The summed E-state index contributed by atoms with van der Waals surface area (Å²) in [5.74, 6) is -1.54. The fourth-order valence-electron chi connectivity index (χ4n) is 5.24. The lowest BCUT2D eigenvalue weighted by Crippen LogP contribution is -2.42. The van der Waals surface area contributed by atoms with Crippen LogP contribution in [0.2, 0.25) is 0 Å². The van der Waals surface area contributed by atoms with Crippen LogP contribution in [0.4, 0.5) is 10.1 Å². The van der Waals surface area contributed by atoms with E-state index in [4.69, 9.17) is 4.74 Å². The standard InChI is InChI=1S/C28H27FN2O5S/c1-19-16-21-7-3-5-9-25(21)31(19)27(32)18-36-28(33)17-26-24-8-4-2-6-20(24)14-15-30(26)37(34,35)23-12-10-22(29)11-13-23/h2-13,19,26H,14-18H2,1H3/t19-,26-/m1/s1. The van der Waals surface area contributed by atoms with Gasteiger partial charge in [-0.1, -0.05) is 42.5 Å². The van der Waals surface area contributed by atoms with Gasteiger partial charge in [0.05, 0.1) is 17.4 Å². The number of esters is 1. The molecule has 37 heavy (non-hydrogen) atoms. The maximum Gasteiger partial charge on any atom is 0.308 e. The van der Waals surface area contributed by atoms with E-state index in [1.807, 2.05) is 43.3 Å². The third-order valence-corrected chi connectivity index (χ3v) is 8.90. The molecule has 0 bridgehead atoms. The second-order valence-electron chi connectivity index (χ2n) is 9.34. The minimum Gasteiger partial charge on any atom is -0.455 e. The van der Waals surface area contributed by atoms with Crippen molar-refractivity contribution in [1.29, 1.82) is 0 Å². The second-order valence-corrected chi connectivity index (χ2v) is 11.2. The molecule has 0 spiro atoms. The predicted octanol–water partition coefficient (Wildman–Crippen LogP) is 4.02. The van der Waals surface area contributed by atoms with Gasteiger partial charge in [0.15, 0.2) is 6.61 Å². The van der Waals surface area contributed by atoms with Crippen LogP contribution in [0.25, 0.3) is 0 Å². The summed E-state index contributed by atoms with van der Waals surface area (Å²) in [6, 6.07) is 18.8. The normalized spacial score (nSPS) is 19.2. The number of hydrogen-bond acceptors (Lipinski definition) is 5. The summed E-state index contributed by atoms with van der Waals surface area (Å²) in [5, 5.41) is 0. The zero-order valence-electron chi connectivity index (χ0n) is 20.3. The van der Waals surface area contributed by atoms with E-state index in [9.17, 15) is 22.4 Å². The van der Waals surface area contributed by atoms with Crippen molar-refractivity contribution in [1.82, 2.24) is 4.31 Å². The van der Waals surface area contributed by atoms with Gasteiger partial charge in [0, 0.05) is 18.3 Å². The van der Waals surface area contributed by atoms with E-state index in [0.717, 1.165) is 35.4 Å². The number of fused-ring (bicyclic) bond motifs is 2. The van der Waals surface area contributed by atoms with Crippen molar-refractivity contribution in [3.8, 4) is 0 Å². The summed E-state index contributed by atoms with van der Waals surface area (Å²) >= 11 is 0. The molecule has 0 radical (unpaired) electrons. The highest BCUT2D eigenvalue weighted by molar-refractivity contribution is 7.89. The molecule has 0 N–H and O–H groups in total. The van der Waals surface area contributed by atoms with Crippen molar-refractivity contribution >= 4 is 27.6 Å². The van der Waals surface area contributed by atoms with Crippen LogP contribution in [0.1, 0.15) is 36.1 Å². The van der Waals surface area contributed by atoms with Gasteiger partial charge in [-0.2, -0.15) is 4.31 Å². The molecular weight excluding hydrogens is 495 g/mol. The Morgan fingerprint density at radius 2 is 1.65 bits per heavy atom. The van der Waals surface area contributed by atoms with E-state index in [0.29, 0.717) is 12.0 Å². The minimum absolute atomic E-state index is 0.0508. The zero-order valence-corrected chi connectivity index (χ0v) is 21.2. The van der Waals surface area contributed by atoms with Gasteiger partial charge in [0.2, 0.25) is 10.0 Å². The third-order valence-electron chi connectivity index (χ3n) is 6.98. The highest BCUT2D eigenvalue weighted by atomic mass is 32.2. The van der Waals surface area contributed by atoms with Gasteiger partial charge in [-0.25, -0.2) is 12.8 Å². The Bertz CT molecular complexity index is 1440. The van der Waals surface area contributed by atoms with Crippen molar-refractivity contribution in [2.45, 2.75) is 43.2 Å². The molecule has 7 nitrogen and oxygen atoms in total. The molecule has 9 heteroatoms. The minimum atomic E-state index is -4.02. The summed E-state index contributed by atoms with van der Waals surface area (Å²) in [7, 11) is -4.02. The van der Waals surface area contributed by atoms with E-state index in [-0.39, 0.29) is 29.8 Å². The molecule has 0 aliphatic carbocycles. The molecular formula is C28H27FN2O5S. The Morgan fingerprint density at radius 1 is 0.973 bits per heavy atom. The number of hydrogen-bond donors (Lipinski definition) is 0. The molecule has 0 saturated carbocycles. The van der Waals surface area contributed by atoms with Crippen molar-refractivity contribution in [2.75, 3.05) is 18.1 Å². The number of anilines is 1. The Morgan fingerprint density at radius 3 is 2.41 bits per heavy atom. The van der Waals surface area contributed by atoms with E-state index >= 15 is 0 Å². The van der Waals surface area contributed by atoms with Crippen LogP contribution >= 0.6 is 0 Å². The third kappa shape index (κ3) is 4.89. The number of nitrogens with zero attached hydrogens (tertiary/aromatic N) is 2.